The molecule has 0 amide bonds. The maximum Gasteiger partial charge on any atom is 0.191 e. The minimum atomic E-state index is -0.680. The lowest BCUT2D eigenvalue weighted by Gasteiger charge is -2.13. The van der Waals surface area contributed by atoms with Crippen molar-refractivity contribution in [3.63, 3.8) is 0 Å². The van der Waals surface area contributed by atoms with E-state index in [9.17, 15) is 5.11 Å². The molecule has 1 aromatic heterocycles. The fraction of sp³-hybridized carbons (Fsp3) is 0.389. The van der Waals surface area contributed by atoms with E-state index in [2.05, 4.69) is 15.6 Å². The number of aliphatic imine (C=N–C) groups is 1. The van der Waals surface area contributed by atoms with Crippen molar-refractivity contribution in [1.29, 1.82) is 0 Å². The van der Waals surface area contributed by atoms with Crippen LogP contribution in [0.5, 0.6) is 5.75 Å². The summed E-state index contributed by atoms with van der Waals surface area (Å²) in [7, 11) is 1.61. The van der Waals surface area contributed by atoms with Gasteiger partial charge in [0.1, 0.15) is 11.5 Å². The number of hydrogen-bond acceptors (Lipinski definition) is 4. The molecule has 2 aromatic rings. The van der Waals surface area contributed by atoms with Gasteiger partial charge in [0.25, 0.3) is 0 Å². The lowest BCUT2D eigenvalue weighted by atomic mass is 10.1. The van der Waals surface area contributed by atoms with E-state index in [1.807, 2.05) is 43.3 Å². The number of hydrogen-bond donors (Lipinski definition) is 3. The number of ether oxygens (including phenoxy) is 1. The highest BCUT2D eigenvalue weighted by molar-refractivity contribution is 14.0. The molecule has 0 radical (unpaired) electrons. The van der Waals surface area contributed by atoms with Crippen LogP contribution in [0.2, 0.25) is 0 Å². The predicted octanol–water partition coefficient (Wildman–Crippen LogP) is 2.74. The van der Waals surface area contributed by atoms with Gasteiger partial charge < -0.3 is 24.9 Å². The van der Waals surface area contributed by atoms with E-state index in [0.29, 0.717) is 12.5 Å². The second-order valence-corrected chi connectivity index (χ2v) is 5.27. The first-order chi connectivity index (χ1) is 11.7. The van der Waals surface area contributed by atoms with Crippen molar-refractivity contribution < 1.29 is 14.3 Å². The van der Waals surface area contributed by atoms with Gasteiger partial charge in [-0.25, -0.2) is 0 Å². The van der Waals surface area contributed by atoms with Gasteiger partial charge in [0.15, 0.2) is 5.96 Å². The molecular formula is C18H26IN3O3. The largest absolute Gasteiger partial charge is 0.497 e. The van der Waals surface area contributed by atoms with Crippen LogP contribution in [0, 0.1) is 0 Å². The molecule has 25 heavy (non-hydrogen) atoms. The molecule has 0 spiro atoms. The Balaban J connectivity index is 0.00000312. The average molecular weight is 459 g/mol. The molecule has 0 fully saturated rings. The number of nitrogens with zero attached hydrogens (tertiary/aromatic N) is 1. The molecule has 0 aliphatic carbocycles. The molecule has 7 heteroatoms. The Morgan fingerprint density at radius 3 is 2.80 bits per heavy atom. The Morgan fingerprint density at radius 1 is 1.28 bits per heavy atom. The Bertz CT molecular complexity index is 632. The van der Waals surface area contributed by atoms with Gasteiger partial charge in [-0.3, -0.25) is 4.99 Å². The normalized spacial score (nSPS) is 12.2. The van der Waals surface area contributed by atoms with Crippen molar-refractivity contribution in [3.8, 4) is 5.75 Å². The van der Waals surface area contributed by atoms with Crippen molar-refractivity contribution in [2.24, 2.45) is 4.99 Å². The maximum absolute atomic E-state index is 10.3. The lowest BCUT2D eigenvalue weighted by molar-refractivity contribution is 0.186. The summed E-state index contributed by atoms with van der Waals surface area (Å²) in [6.07, 6.45) is 1.76. The van der Waals surface area contributed by atoms with Crippen LogP contribution in [-0.2, 0) is 6.42 Å². The van der Waals surface area contributed by atoms with E-state index in [1.165, 1.54) is 0 Å². The Morgan fingerprint density at radius 2 is 2.12 bits per heavy atom. The Hall–Kier alpha value is -1.74. The molecule has 0 saturated heterocycles. The van der Waals surface area contributed by atoms with Crippen LogP contribution in [0.4, 0.5) is 0 Å². The molecule has 1 aromatic carbocycles. The summed E-state index contributed by atoms with van der Waals surface area (Å²) < 4.78 is 10.5. The zero-order valence-corrected chi connectivity index (χ0v) is 16.9. The zero-order chi connectivity index (χ0) is 17.2. The molecule has 0 bridgehead atoms. The molecular weight excluding hydrogens is 433 g/mol. The first kappa shape index (κ1) is 21.3. The zero-order valence-electron chi connectivity index (χ0n) is 14.6. The van der Waals surface area contributed by atoms with Crippen LogP contribution in [0.3, 0.4) is 0 Å². The van der Waals surface area contributed by atoms with E-state index in [4.69, 9.17) is 9.15 Å². The van der Waals surface area contributed by atoms with Crippen LogP contribution >= 0.6 is 24.0 Å². The topological polar surface area (TPSA) is 79.0 Å². The van der Waals surface area contributed by atoms with Crippen molar-refractivity contribution >= 4 is 29.9 Å². The van der Waals surface area contributed by atoms with Crippen molar-refractivity contribution in [2.45, 2.75) is 19.4 Å². The van der Waals surface area contributed by atoms with Crippen LogP contribution in [0.25, 0.3) is 0 Å². The van der Waals surface area contributed by atoms with E-state index < -0.39 is 6.10 Å². The summed E-state index contributed by atoms with van der Waals surface area (Å²) in [6.45, 7) is 3.72. The second-order valence-electron chi connectivity index (χ2n) is 5.27. The van der Waals surface area contributed by atoms with Gasteiger partial charge in [-0.2, -0.15) is 0 Å². The smallest absolute Gasteiger partial charge is 0.191 e. The fourth-order valence-electron chi connectivity index (χ4n) is 2.23. The van der Waals surface area contributed by atoms with Gasteiger partial charge in [0.2, 0.25) is 0 Å². The van der Waals surface area contributed by atoms with Crippen molar-refractivity contribution in [2.75, 3.05) is 26.7 Å². The number of aliphatic hydroxyl groups is 1. The van der Waals surface area contributed by atoms with Crippen LogP contribution in [0.1, 0.15) is 24.4 Å². The molecule has 2 rings (SSSR count). The standard InChI is InChI=1S/C18H25N3O3.HI/c1-3-19-18(20-10-9-15-8-5-11-24-15)21-13-17(22)14-6-4-7-16(12-14)23-2;/h4-8,11-12,17,22H,3,9-10,13H2,1-2H3,(H2,19,20,21);1H. The number of halogens is 1. The van der Waals surface area contributed by atoms with E-state index in [1.54, 1.807) is 13.4 Å². The molecule has 3 N–H and O–H groups in total. The van der Waals surface area contributed by atoms with Crippen LogP contribution < -0.4 is 15.4 Å². The number of rotatable bonds is 8. The fourth-order valence-corrected chi connectivity index (χ4v) is 2.23. The molecule has 138 valence electrons. The minimum absolute atomic E-state index is 0. The molecule has 0 aliphatic heterocycles. The second kappa shape index (κ2) is 11.8. The van der Waals surface area contributed by atoms with E-state index in [0.717, 1.165) is 30.0 Å². The molecule has 1 heterocycles. The summed E-state index contributed by atoms with van der Waals surface area (Å²) >= 11 is 0. The van der Waals surface area contributed by atoms with Gasteiger partial charge in [0, 0.05) is 19.5 Å². The third-order valence-electron chi connectivity index (χ3n) is 3.49. The molecule has 6 nitrogen and oxygen atoms in total. The first-order valence-corrected chi connectivity index (χ1v) is 8.09. The van der Waals surface area contributed by atoms with Gasteiger partial charge in [-0.15, -0.1) is 24.0 Å². The van der Waals surface area contributed by atoms with Gasteiger partial charge in [-0.05, 0) is 36.8 Å². The number of nitrogens with one attached hydrogen (secondary N) is 2. The number of guanidine groups is 1. The SMILES string of the molecule is CCNC(=NCC(O)c1cccc(OC)c1)NCCc1ccco1.I. The monoisotopic (exact) mass is 459 g/mol. The highest BCUT2D eigenvalue weighted by atomic mass is 127. The third-order valence-corrected chi connectivity index (χ3v) is 3.49. The minimum Gasteiger partial charge on any atom is -0.497 e. The van der Waals surface area contributed by atoms with Crippen LogP contribution in [0.15, 0.2) is 52.1 Å². The van der Waals surface area contributed by atoms with Gasteiger partial charge in [0.05, 0.1) is 26.0 Å². The summed E-state index contributed by atoms with van der Waals surface area (Å²) in [5.41, 5.74) is 0.782. The number of furan rings is 1. The highest BCUT2D eigenvalue weighted by Crippen LogP contribution is 2.19. The summed E-state index contributed by atoms with van der Waals surface area (Å²) in [4.78, 5) is 4.44. The summed E-state index contributed by atoms with van der Waals surface area (Å²) in [6, 6.07) is 11.2. The van der Waals surface area contributed by atoms with E-state index in [-0.39, 0.29) is 30.5 Å². The number of benzene rings is 1. The van der Waals surface area contributed by atoms with Crippen LogP contribution in [-0.4, -0.2) is 37.8 Å². The van der Waals surface area contributed by atoms with Gasteiger partial charge in [-0.1, -0.05) is 12.1 Å². The van der Waals surface area contributed by atoms with Gasteiger partial charge >= 0.3 is 0 Å². The maximum atomic E-state index is 10.3. The molecule has 1 atom stereocenters. The summed E-state index contributed by atoms with van der Waals surface area (Å²) in [5.74, 6) is 2.32. The lowest BCUT2D eigenvalue weighted by Crippen LogP contribution is -2.38. The number of methoxy groups -OCH3 is 1. The third kappa shape index (κ3) is 7.35. The highest BCUT2D eigenvalue weighted by Gasteiger charge is 2.08. The first-order valence-electron chi connectivity index (χ1n) is 8.09. The molecule has 0 aliphatic rings. The van der Waals surface area contributed by atoms with Crippen molar-refractivity contribution in [1.82, 2.24) is 10.6 Å². The predicted molar refractivity (Wildman–Crippen MR) is 110 cm³/mol. The Kier molecular flexibility index (Phi) is 10.0. The average Bonchev–Trinajstić information content (AvgIpc) is 3.13. The Labute approximate surface area is 165 Å². The summed E-state index contributed by atoms with van der Waals surface area (Å²) in [5, 5.41) is 16.7. The molecule has 0 saturated carbocycles. The molecule has 1 unspecified atom stereocenters. The van der Waals surface area contributed by atoms with Crippen molar-refractivity contribution in [3.05, 3.63) is 54.0 Å². The van der Waals surface area contributed by atoms with E-state index >= 15 is 0 Å². The number of aliphatic hydroxyl groups excluding tert-OH is 1. The quantitative estimate of drug-likeness (QED) is 0.322.